The molecule has 3 nitrogen and oxygen atoms in total. The van der Waals surface area contributed by atoms with Crippen LogP contribution >= 0.6 is 0 Å². The molecule has 3 heteroatoms. The summed E-state index contributed by atoms with van der Waals surface area (Å²) in [6.07, 6.45) is 8.65. The molecule has 124 valence electrons. The molecule has 2 aromatic carbocycles. The van der Waals surface area contributed by atoms with Gasteiger partial charge in [0.2, 0.25) is 5.75 Å². The first kappa shape index (κ1) is 16.2. The highest BCUT2D eigenvalue weighted by Crippen LogP contribution is 2.44. The Labute approximate surface area is 143 Å². The minimum Gasteiger partial charge on any atom is -0.493 e. The van der Waals surface area contributed by atoms with E-state index in [9.17, 15) is 0 Å². The third-order valence-electron chi connectivity index (χ3n) is 4.39. The summed E-state index contributed by atoms with van der Waals surface area (Å²) in [5, 5.41) is 0. The fourth-order valence-corrected chi connectivity index (χ4v) is 3.21. The third-order valence-corrected chi connectivity index (χ3v) is 4.39. The maximum atomic E-state index is 5.50. The number of rotatable bonds is 5. The molecule has 2 atom stereocenters. The summed E-state index contributed by atoms with van der Waals surface area (Å²) in [6.45, 7) is 0. The first-order valence-electron chi connectivity index (χ1n) is 7.98. The maximum absolute atomic E-state index is 5.50. The van der Waals surface area contributed by atoms with Gasteiger partial charge >= 0.3 is 0 Å². The zero-order valence-electron chi connectivity index (χ0n) is 14.2. The van der Waals surface area contributed by atoms with Crippen molar-refractivity contribution in [3.05, 3.63) is 77.9 Å². The van der Waals surface area contributed by atoms with Crippen LogP contribution in [0, 0.1) is 0 Å². The quantitative estimate of drug-likeness (QED) is 0.798. The van der Waals surface area contributed by atoms with Gasteiger partial charge in [0.15, 0.2) is 11.5 Å². The van der Waals surface area contributed by atoms with Crippen LogP contribution in [-0.4, -0.2) is 21.3 Å². The molecule has 3 rings (SSSR count). The Morgan fingerprint density at radius 3 is 1.71 bits per heavy atom. The minimum atomic E-state index is 0.214. The van der Waals surface area contributed by atoms with Crippen molar-refractivity contribution in [1.29, 1.82) is 0 Å². The van der Waals surface area contributed by atoms with E-state index in [4.69, 9.17) is 14.2 Å². The van der Waals surface area contributed by atoms with Gasteiger partial charge in [-0.1, -0.05) is 54.6 Å². The van der Waals surface area contributed by atoms with E-state index in [2.05, 4.69) is 48.6 Å². The fourth-order valence-electron chi connectivity index (χ4n) is 3.21. The Balaban J connectivity index is 2.06. The Bertz CT molecular complexity index is 722. The number of hydrogen-bond donors (Lipinski definition) is 0. The Hall–Kier alpha value is -2.68. The average molecular weight is 322 g/mol. The zero-order valence-corrected chi connectivity index (χ0v) is 14.2. The van der Waals surface area contributed by atoms with E-state index in [0.717, 1.165) is 5.56 Å². The summed E-state index contributed by atoms with van der Waals surface area (Å²) in [5.41, 5.74) is 2.43. The molecule has 2 aromatic rings. The van der Waals surface area contributed by atoms with Gasteiger partial charge in [0.05, 0.1) is 21.3 Å². The number of ether oxygens (including phenoxy) is 3. The van der Waals surface area contributed by atoms with Crippen LogP contribution in [0.2, 0.25) is 0 Å². The number of allylic oxidation sites excluding steroid dienone is 4. The monoisotopic (exact) mass is 322 g/mol. The SMILES string of the molecule is COc1cc(C2C=CC=CC2c2ccccc2)cc(OC)c1OC. The number of methoxy groups -OCH3 is 3. The van der Waals surface area contributed by atoms with E-state index < -0.39 is 0 Å². The smallest absolute Gasteiger partial charge is 0.203 e. The lowest BCUT2D eigenvalue weighted by atomic mass is 9.79. The molecule has 0 aliphatic heterocycles. The van der Waals surface area contributed by atoms with E-state index in [1.807, 2.05) is 18.2 Å². The van der Waals surface area contributed by atoms with Gasteiger partial charge in [0.25, 0.3) is 0 Å². The van der Waals surface area contributed by atoms with Gasteiger partial charge in [-0.25, -0.2) is 0 Å². The second kappa shape index (κ2) is 7.26. The normalized spacial score (nSPS) is 19.1. The predicted molar refractivity (Wildman–Crippen MR) is 96.3 cm³/mol. The molecule has 0 aromatic heterocycles. The first-order valence-corrected chi connectivity index (χ1v) is 7.98. The van der Waals surface area contributed by atoms with Crippen molar-refractivity contribution < 1.29 is 14.2 Å². The van der Waals surface area contributed by atoms with Crippen molar-refractivity contribution in [3.63, 3.8) is 0 Å². The van der Waals surface area contributed by atoms with E-state index in [1.165, 1.54) is 5.56 Å². The molecular weight excluding hydrogens is 300 g/mol. The van der Waals surface area contributed by atoms with Crippen molar-refractivity contribution >= 4 is 0 Å². The lowest BCUT2D eigenvalue weighted by molar-refractivity contribution is 0.323. The number of hydrogen-bond acceptors (Lipinski definition) is 3. The van der Waals surface area contributed by atoms with Gasteiger partial charge in [-0.2, -0.15) is 0 Å². The molecule has 0 saturated heterocycles. The van der Waals surface area contributed by atoms with Crippen LogP contribution < -0.4 is 14.2 Å². The van der Waals surface area contributed by atoms with E-state index >= 15 is 0 Å². The molecule has 0 spiro atoms. The molecule has 0 saturated carbocycles. The maximum Gasteiger partial charge on any atom is 0.203 e. The van der Waals surface area contributed by atoms with Gasteiger partial charge in [-0.15, -0.1) is 0 Å². The minimum absolute atomic E-state index is 0.214. The molecule has 0 N–H and O–H groups in total. The van der Waals surface area contributed by atoms with Crippen LogP contribution in [0.25, 0.3) is 0 Å². The Morgan fingerprint density at radius 2 is 1.21 bits per heavy atom. The Kier molecular flexibility index (Phi) is 4.90. The first-order chi connectivity index (χ1) is 11.8. The highest BCUT2D eigenvalue weighted by molar-refractivity contribution is 5.56. The molecule has 0 bridgehead atoms. The van der Waals surface area contributed by atoms with Crippen LogP contribution in [0.1, 0.15) is 23.0 Å². The summed E-state index contributed by atoms with van der Waals surface area (Å²) in [4.78, 5) is 0. The fraction of sp³-hybridized carbons (Fsp3) is 0.238. The topological polar surface area (TPSA) is 27.7 Å². The van der Waals surface area contributed by atoms with Gasteiger partial charge in [-0.3, -0.25) is 0 Å². The van der Waals surface area contributed by atoms with Gasteiger partial charge < -0.3 is 14.2 Å². The van der Waals surface area contributed by atoms with Crippen LogP contribution in [0.4, 0.5) is 0 Å². The lowest BCUT2D eigenvalue weighted by Gasteiger charge is -2.26. The second-order valence-corrected chi connectivity index (χ2v) is 5.69. The van der Waals surface area contributed by atoms with Crippen molar-refractivity contribution in [2.45, 2.75) is 11.8 Å². The van der Waals surface area contributed by atoms with E-state index in [-0.39, 0.29) is 11.8 Å². The second-order valence-electron chi connectivity index (χ2n) is 5.69. The number of benzene rings is 2. The Morgan fingerprint density at radius 1 is 0.667 bits per heavy atom. The predicted octanol–water partition coefficient (Wildman–Crippen LogP) is 4.71. The highest BCUT2D eigenvalue weighted by Gasteiger charge is 2.25. The van der Waals surface area contributed by atoms with Crippen molar-refractivity contribution in [3.8, 4) is 17.2 Å². The summed E-state index contributed by atoms with van der Waals surface area (Å²) in [6, 6.07) is 14.6. The van der Waals surface area contributed by atoms with Gasteiger partial charge in [0.1, 0.15) is 0 Å². The van der Waals surface area contributed by atoms with E-state index in [0.29, 0.717) is 17.2 Å². The van der Waals surface area contributed by atoms with Crippen molar-refractivity contribution in [2.75, 3.05) is 21.3 Å². The van der Waals surface area contributed by atoms with Crippen LogP contribution in [0.15, 0.2) is 66.8 Å². The molecule has 1 aliphatic rings. The molecule has 0 amide bonds. The lowest BCUT2D eigenvalue weighted by Crippen LogP contribution is -2.10. The van der Waals surface area contributed by atoms with Crippen molar-refractivity contribution in [1.82, 2.24) is 0 Å². The van der Waals surface area contributed by atoms with Crippen LogP contribution in [0.3, 0.4) is 0 Å². The molecule has 0 heterocycles. The summed E-state index contributed by atoms with van der Waals surface area (Å²) in [5.74, 6) is 2.48. The highest BCUT2D eigenvalue weighted by atomic mass is 16.5. The third kappa shape index (κ3) is 3.02. The summed E-state index contributed by atoms with van der Waals surface area (Å²) >= 11 is 0. The van der Waals surface area contributed by atoms with Crippen LogP contribution in [-0.2, 0) is 0 Å². The molecule has 2 unspecified atom stereocenters. The van der Waals surface area contributed by atoms with E-state index in [1.54, 1.807) is 21.3 Å². The zero-order chi connectivity index (χ0) is 16.9. The molecular formula is C21H22O3. The van der Waals surface area contributed by atoms with Crippen LogP contribution in [0.5, 0.6) is 17.2 Å². The molecule has 0 radical (unpaired) electrons. The molecule has 1 aliphatic carbocycles. The summed E-state index contributed by atoms with van der Waals surface area (Å²) in [7, 11) is 4.91. The average Bonchev–Trinajstić information content (AvgIpc) is 2.67. The van der Waals surface area contributed by atoms with Gasteiger partial charge in [0, 0.05) is 11.8 Å². The van der Waals surface area contributed by atoms with Crippen molar-refractivity contribution in [2.24, 2.45) is 0 Å². The molecule has 24 heavy (non-hydrogen) atoms. The largest absolute Gasteiger partial charge is 0.493 e. The van der Waals surface area contributed by atoms with Gasteiger partial charge in [-0.05, 0) is 23.3 Å². The molecule has 0 fully saturated rings. The summed E-state index contributed by atoms with van der Waals surface area (Å²) < 4.78 is 16.4. The standard InChI is InChI=1S/C21H22O3/c1-22-19-13-16(14-20(23-2)21(19)24-3)18-12-8-7-11-17(18)15-9-5-4-6-10-15/h4-14,17-18H,1-3H3.